The van der Waals surface area contributed by atoms with Gasteiger partial charge in [0.1, 0.15) is 12.4 Å². The molecule has 0 aliphatic carbocycles. The minimum Gasteiger partial charge on any atom is -0.449 e. The van der Waals surface area contributed by atoms with Gasteiger partial charge in [-0.05, 0) is 42.8 Å². The number of fused-ring (bicyclic) bond motifs is 1. The number of rotatable bonds is 5. The van der Waals surface area contributed by atoms with Crippen LogP contribution in [0.4, 0.5) is 10.1 Å². The van der Waals surface area contributed by atoms with Crippen LogP contribution in [0.3, 0.4) is 0 Å². The van der Waals surface area contributed by atoms with E-state index in [0.717, 1.165) is 5.56 Å². The van der Waals surface area contributed by atoms with Crippen molar-refractivity contribution in [3.63, 3.8) is 0 Å². The molecule has 5 nitrogen and oxygen atoms in total. The van der Waals surface area contributed by atoms with Crippen LogP contribution in [0.25, 0.3) is 6.08 Å². The number of nitrogens with one attached hydrogen (secondary N) is 1. The smallest absolute Gasteiger partial charge is 0.294 e. The first-order valence-electron chi connectivity index (χ1n) is 10.0. The second-order valence-corrected chi connectivity index (χ2v) is 7.71. The third kappa shape index (κ3) is 4.50. The number of nitrogens with zero attached hydrogens (tertiary/aromatic N) is 1. The minimum atomic E-state index is -0.582. The highest BCUT2D eigenvalue weighted by Gasteiger charge is 2.32. The molecule has 0 saturated heterocycles. The normalized spacial score (nSPS) is 15.2. The van der Waals surface area contributed by atoms with Crippen molar-refractivity contribution in [2.45, 2.75) is 13.0 Å². The van der Waals surface area contributed by atoms with Crippen molar-refractivity contribution in [3.8, 4) is 5.75 Å². The van der Waals surface area contributed by atoms with Crippen molar-refractivity contribution < 1.29 is 18.7 Å². The predicted molar refractivity (Wildman–Crippen MR) is 122 cm³/mol. The summed E-state index contributed by atoms with van der Waals surface area (Å²) >= 11 is 6.10. The standard InChI is InChI=1S/C25H20ClFN2O3/c1-16(17-8-3-2-4-9-17)28-24(30)15-29-21-12-5-6-13-22(21)32-23(25(29)31)14-18-19(26)10-7-11-20(18)27/h2-14,16H,15H2,1H3,(H,28,30). The van der Waals surface area contributed by atoms with Gasteiger partial charge in [0.2, 0.25) is 5.91 Å². The van der Waals surface area contributed by atoms with Gasteiger partial charge in [-0.25, -0.2) is 4.39 Å². The monoisotopic (exact) mass is 450 g/mol. The van der Waals surface area contributed by atoms with Crippen LogP contribution in [0, 0.1) is 5.82 Å². The number of hydrogen-bond acceptors (Lipinski definition) is 3. The SMILES string of the molecule is CC(NC(=O)CN1C(=O)C(=Cc2c(F)cccc2Cl)Oc2ccccc21)c1ccccc1. The molecule has 32 heavy (non-hydrogen) atoms. The summed E-state index contributed by atoms with van der Waals surface area (Å²) in [5.41, 5.74) is 1.44. The highest BCUT2D eigenvalue weighted by atomic mass is 35.5. The molecule has 1 unspecified atom stereocenters. The van der Waals surface area contributed by atoms with Gasteiger partial charge in [-0.2, -0.15) is 0 Å². The van der Waals surface area contributed by atoms with Gasteiger partial charge in [-0.15, -0.1) is 0 Å². The van der Waals surface area contributed by atoms with Gasteiger partial charge in [0.25, 0.3) is 5.91 Å². The fourth-order valence-corrected chi connectivity index (χ4v) is 3.67. The molecule has 0 saturated carbocycles. The second kappa shape index (κ2) is 9.24. The number of amides is 2. The Morgan fingerprint density at radius 2 is 1.81 bits per heavy atom. The lowest BCUT2D eigenvalue weighted by Gasteiger charge is -2.30. The van der Waals surface area contributed by atoms with Crippen LogP contribution in [0.2, 0.25) is 5.02 Å². The Morgan fingerprint density at radius 3 is 2.56 bits per heavy atom. The molecule has 1 atom stereocenters. The van der Waals surface area contributed by atoms with Crippen molar-refractivity contribution in [1.29, 1.82) is 0 Å². The Balaban J connectivity index is 1.61. The highest BCUT2D eigenvalue weighted by Crippen LogP contribution is 2.36. The van der Waals surface area contributed by atoms with Crippen molar-refractivity contribution in [1.82, 2.24) is 5.32 Å². The van der Waals surface area contributed by atoms with Gasteiger partial charge in [0, 0.05) is 5.56 Å². The molecule has 1 N–H and O–H groups in total. The van der Waals surface area contributed by atoms with Crippen molar-refractivity contribution in [2.24, 2.45) is 0 Å². The quantitative estimate of drug-likeness (QED) is 0.549. The van der Waals surface area contributed by atoms with Gasteiger partial charge < -0.3 is 10.1 Å². The summed E-state index contributed by atoms with van der Waals surface area (Å²) in [6, 6.07) is 20.4. The van der Waals surface area contributed by atoms with E-state index in [1.165, 1.54) is 29.2 Å². The van der Waals surface area contributed by atoms with E-state index in [4.69, 9.17) is 16.3 Å². The number of hydrogen-bond donors (Lipinski definition) is 1. The van der Waals surface area contributed by atoms with Gasteiger partial charge in [0.05, 0.1) is 16.8 Å². The first-order chi connectivity index (χ1) is 15.4. The number of para-hydroxylation sites is 2. The van der Waals surface area contributed by atoms with E-state index in [0.29, 0.717) is 11.4 Å². The maximum Gasteiger partial charge on any atom is 0.294 e. The number of carbonyl (C=O) groups is 2. The molecular weight excluding hydrogens is 431 g/mol. The maximum absolute atomic E-state index is 14.3. The van der Waals surface area contributed by atoms with Crippen molar-refractivity contribution in [3.05, 3.63) is 101 Å². The first kappa shape index (κ1) is 21.6. The molecule has 1 aliphatic rings. The summed E-state index contributed by atoms with van der Waals surface area (Å²) < 4.78 is 20.0. The van der Waals surface area contributed by atoms with E-state index in [9.17, 15) is 14.0 Å². The Labute approximate surface area is 190 Å². The van der Waals surface area contributed by atoms with E-state index < -0.39 is 11.7 Å². The van der Waals surface area contributed by atoms with Crippen LogP contribution in [0.15, 0.2) is 78.6 Å². The lowest BCUT2D eigenvalue weighted by atomic mass is 10.1. The number of anilines is 1. The van der Waals surface area contributed by atoms with Gasteiger partial charge >= 0.3 is 0 Å². The van der Waals surface area contributed by atoms with Gasteiger partial charge in [-0.1, -0.05) is 60.1 Å². The molecule has 2 amide bonds. The predicted octanol–water partition coefficient (Wildman–Crippen LogP) is 5.12. The summed E-state index contributed by atoms with van der Waals surface area (Å²) in [7, 11) is 0. The van der Waals surface area contributed by atoms with Crippen LogP contribution >= 0.6 is 11.6 Å². The largest absolute Gasteiger partial charge is 0.449 e. The molecule has 3 aromatic rings. The molecule has 0 spiro atoms. The van der Waals surface area contributed by atoms with Crippen LogP contribution in [0.5, 0.6) is 5.75 Å². The molecule has 3 aromatic carbocycles. The Hall–Kier alpha value is -3.64. The van der Waals surface area contributed by atoms with Crippen LogP contribution < -0.4 is 15.0 Å². The average molecular weight is 451 g/mol. The summed E-state index contributed by atoms with van der Waals surface area (Å²) in [6.07, 6.45) is 1.26. The Bertz CT molecular complexity index is 1180. The van der Waals surface area contributed by atoms with E-state index >= 15 is 0 Å². The third-order valence-corrected chi connectivity index (χ3v) is 5.42. The zero-order chi connectivity index (χ0) is 22.7. The van der Waals surface area contributed by atoms with E-state index in [-0.39, 0.29) is 34.8 Å². The number of carbonyl (C=O) groups excluding carboxylic acids is 2. The molecule has 0 bridgehead atoms. The van der Waals surface area contributed by atoms with Crippen molar-refractivity contribution in [2.75, 3.05) is 11.4 Å². The van der Waals surface area contributed by atoms with E-state index in [1.807, 2.05) is 37.3 Å². The van der Waals surface area contributed by atoms with Gasteiger partial charge in [-0.3, -0.25) is 14.5 Å². The Kier molecular flexibility index (Phi) is 6.23. The molecular formula is C25H20ClFN2O3. The fraction of sp³-hybridized carbons (Fsp3) is 0.120. The summed E-state index contributed by atoms with van der Waals surface area (Å²) in [6.45, 7) is 1.65. The maximum atomic E-state index is 14.3. The number of ether oxygens (including phenoxy) is 1. The second-order valence-electron chi connectivity index (χ2n) is 7.30. The first-order valence-corrected chi connectivity index (χ1v) is 10.4. The summed E-state index contributed by atoms with van der Waals surface area (Å²) in [5, 5.41) is 3.05. The molecule has 0 radical (unpaired) electrons. The van der Waals surface area contributed by atoms with Crippen molar-refractivity contribution >= 4 is 35.2 Å². The molecule has 0 fully saturated rings. The third-order valence-electron chi connectivity index (χ3n) is 5.09. The highest BCUT2D eigenvalue weighted by molar-refractivity contribution is 6.32. The topological polar surface area (TPSA) is 58.6 Å². The number of benzene rings is 3. The lowest BCUT2D eigenvalue weighted by molar-refractivity contribution is -0.123. The molecule has 1 aliphatic heterocycles. The zero-order valence-electron chi connectivity index (χ0n) is 17.2. The zero-order valence-corrected chi connectivity index (χ0v) is 18.0. The molecule has 1 heterocycles. The van der Waals surface area contributed by atoms with Crippen LogP contribution in [-0.2, 0) is 9.59 Å². The molecule has 7 heteroatoms. The van der Waals surface area contributed by atoms with Crippen LogP contribution in [-0.4, -0.2) is 18.4 Å². The molecule has 162 valence electrons. The Morgan fingerprint density at radius 1 is 1.09 bits per heavy atom. The molecule has 0 aromatic heterocycles. The lowest BCUT2D eigenvalue weighted by Crippen LogP contribution is -2.44. The summed E-state index contributed by atoms with van der Waals surface area (Å²) in [5.74, 6) is -1.23. The van der Waals surface area contributed by atoms with Gasteiger partial charge in [0.15, 0.2) is 11.5 Å². The number of halogens is 2. The van der Waals surface area contributed by atoms with E-state index in [1.54, 1.807) is 24.3 Å². The van der Waals surface area contributed by atoms with Crippen LogP contribution in [0.1, 0.15) is 24.1 Å². The fourth-order valence-electron chi connectivity index (χ4n) is 3.45. The average Bonchev–Trinajstić information content (AvgIpc) is 2.79. The minimum absolute atomic E-state index is 0.0407. The molecule has 4 rings (SSSR count). The summed E-state index contributed by atoms with van der Waals surface area (Å²) in [4.78, 5) is 27.3. The van der Waals surface area contributed by atoms with E-state index in [2.05, 4.69) is 5.32 Å².